The number of ether oxygens (including phenoxy) is 1. The van der Waals surface area contributed by atoms with E-state index in [4.69, 9.17) is 15.5 Å². The Morgan fingerprint density at radius 2 is 1.69 bits per heavy atom. The molecule has 64 heavy (non-hydrogen) atoms. The van der Waals surface area contributed by atoms with Crippen LogP contribution in [0.2, 0.25) is 0 Å². The van der Waals surface area contributed by atoms with Crippen LogP contribution in [0.25, 0.3) is 11.3 Å². The van der Waals surface area contributed by atoms with Crippen molar-refractivity contribution in [2.75, 3.05) is 66.2 Å². The minimum atomic E-state index is -1.10. The fourth-order valence-electron chi connectivity index (χ4n) is 10.00. The van der Waals surface area contributed by atoms with Gasteiger partial charge in [0, 0.05) is 92.8 Å². The number of para-hydroxylation sites is 1. The Balaban J connectivity index is 0.784. The van der Waals surface area contributed by atoms with Gasteiger partial charge in [-0.2, -0.15) is 0 Å². The van der Waals surface area contributed by atoms with Gasteiger partial charge in [0.25, 0.3) is 0 Å². The third-order valence-electron chi connectivity index (χ3n) is 13.6. The summed E-state index contributed by atoms with van der Waals surface area (Å²) in [5.41, 5.74) is 11.2. The monoisotopic (exact) mass is 873 g/mol. The number of phenols is 1. The topological polar surface area (TPSA) is 190 Å². The number of phenolic OH excluding ortho intramolecular Hbond substituents is 1. The second-order valence-corrected chi connectivity index (χ2v) is 18.1. The van der Waals surface area contributed by atoms with Crippen molar-refractivity contribution in [1.29, 1.82) is 0 Å². The van der Waals surface area contributed by atoms with Crippen LogP contribution in [0.5, 0.6) is 11.5 Å². The number of likely N-dealkylation sites (tertiary alicyclic amines) is 1. The molecule has 3 aromatic carbocycles. The lowest BCUT2D eigenvalue weighted by molar-refractivity contribution is -0.139. The molecule has 0 bridgehead atoms. The molecule has 0 unspecified atom stereocenters. The maximum Gasteiger partial charge on any atom is 0.249 e. The lowest BCUT2D eigenvalue weighted by atomic mass is 9.87. The molecule has 1 aromatic heterocycles. The summed E-state index contributed by atoms with van der Waals surface area (Å²) >= 11 is 0. The van der Waals surface area contributed by atoms with Crippen molar-refractivity contribution in [2.45, 2.75) is 88.9 Å². The second-order valence-electron chi connectivity index (χ2n) is 18.1. The van der Waals surface area contributed by atoms with E-state index in [9.17, 15) is 24.6 Å². The van der Waals surface area contributed by atoms with E-state index in [0.29, 0.717) is 119 Å². The quantitative estimate of drug-likeness (QED) is 0.154. The number of nitrogens with two attached hydrogens (primary N) is 1. The van der Waals surface area contributed by atoms with E-state index >= 15 is 4.39 Å². The van der Waals surface area contributed by atoms with Gasteiger partial charge in [0.2, 0.25) is 17.7 Å². The van der Waals surface area contributed by atoms with Gasteiger partial charge in [-0.3, -0.25) is 24.7 Å². The lowest BCUT2D eigenvalue weighted by Gasteiger charge is -2.41. The number of hydrogen-bond acceptors (Lipinski definition) is 13. The number of benzene rings is 3. The highest BCUT2D eigenvalue weighted by Crippen LogP contribution is 2.40. The summed E-state index contributed by atoms with van der Waals surface area (Å²) in [4.78, 5) is 51.1. The van der Waals surface area contributed by atoms with E-state index in [-0.39, 0.29) is 53.5 Å². The van der Waals surface area contributed by atoms with Crippen molar-refractivity contribution in [3.8, 4) is 22.8 Å². The van der Waals surface area contributed by atoms with Crippen LogP contribution in [-0.2, 0) is 20.8 Å². The highest BCUT2D eigenvalue weighted by atomic mass is 19.1. The Morgan fingerprint density at radius 3 is 2.47 bits per heavy atom. The van der Waals surface area contributed by atoms with Crippen LogP contribution < -0.4 is 30.5 Å². The van der Waals surface area contributed by atoms with Crippen LogP contribution in [0.4, 0.5) is 33.0 Å². The average Bonchev–Trinajstić information content (AvgIpc) is 3.62. The van der Waals surface area contributed by atoms with Gasteiger partial charge in [-0.25, -0.2) is 4.39 Å². The number of aromatic hydroxyl groups is 1. The predicted octanol–water partition coefficient (Wildman–Crippen LogP) is 5.54. The average molecular weight is 874 g/mol. The van der Waals surface area contributed by atoms with Crippen LogP contribution in [0.1, 0.15) is 70.3 Å². The molecule has 4 saturated heterocycles. The Hall–Kier alpha value is -6.29. The number of aromatic nitrogens is 2. The third-order valence-corrected chi connectivity index (χ3v) is 13.6. The molecule has 0 radical (unpaired) electrons. The van der Waals surface area contributed by atoms with E-state index in [1.54, 1.807) is 30.3 Å². The molecule has 5 aliphatic rings. The molecule has 5 aliphatic heterocycles. The van der Waals surface area contributed by atoms with Crippen molar-refractivity contribution in [3.05, 3.63) is 78.1 Å². The highest BCUT2D eigenvalue weighted by molar-refractivity contribution is 6.02. The number of anilines is 4. The fraction of sp³-hybridized carbons (Fsp3) is 0.458. The number of nitrogens with one attached hydrogen (secondary N) is 1. The van der Waals surface area contributed by atoms with Crippen LogP contribution in [0, 0.1) is 11.7 Å². The number of amides is 3. The van der Waals surface area contributed by atoms with E-state index in [2.05, 4.69) is 43.2 Å². The van der Waals surface area contributed by atoms with Gasteiger partial charge in [-0.1, -0.05) is 25.1 Å². The van der Waals surface area contributed by atoms with Crippen LogP contribution in [0.3, 0.4) is 0 Å². The number of piperidine rings is 3. The molecule has 2 atom stereocenters. The Morgan fingerprint density at radius 1 is 0.906 bits per heavy atom. The number of imide groups is 1. The summed E-state index contributed by atoms with van der Waals surface area (Å²) in [6.45, 7) is 6.16. The maximum atomic E-state index is 15.3. The molecular formula is C48H56FN9O6. The molecule has 15 nitrogen and oxygen atoms in total. The van der Waals surface area contributed by atoms with Crippen molar-refractivity contribution >= 4 is 52.0 Å². The van der Waals surface area contributed by atoms with Crippen LogP contribution in [-0.4, -0.2) is 112 Å². The zero-order chi connectivity index (χ0) is 44.5. The van der Waals surface area contributed by atoms with Crippen molar-refractivity contribution in [3.63, 3.8) is 0 Å². The third kappa shape index (κ3) is 9.19. The summed E-state index contributed by atoms with van der Waals surface area (Å²) in [5.74, 6) is 0.169. The standard InChI is InChI=1S/C48H56FN9O6/c1-30-9-10-31(29-57(28-30)42-26-37(53-54-46(42)50)34-5-2-3-8-43(34)59)51-38-25-33(11-12-36(38)49)64-32-15-20-56(21-16-32)45(61)27-48(63)18-23-55(24-19-48)39-6-4-7-40-35(39)17-22-58(40)41-13-14-44(60)52-47(41)62/h2-8,11-12,25-26,30,32,41,59,63H,9-10,13-24,27-29H2,1H3,(H2,50,54)(H,52,60,62)/t30-,41+/m0/s1. The van der Waals surface area contributed by atoms with E-state index in [0.717, 1.165) is 29.9 Å². The number of rotatable bonds is 9. The first-order chi connectivity index (χ1) is 30.9. The molecule has 4 fully saturated rings. The normalized spacial score (nSPS) is 22.3. The number of aliphatic hydroxyl groups is 1. The molecular weight excluding hydrogens is 818 g/mol. The summed E-state index contributed by atoms with van der Waals surface area (Å²) in [7, 11) is 0. The Kier molecular flexibility index (Phi) is 12.1. The number of aliphatic imine (C=N–C) groups is 1. The fourth-order valence-corrected chi connectivity index (χ4v) is 10.00. The summed E-state index contributed by atoms with van der Waals surface area (Å²) in [6.07, 6.45) is 5.18. The van der Waals surface area contributed by atoms with Gasteiger partial charge in [0.05, 0.1) is 29.9 Å². The predicted molar refractivity (Wildman–Crippen MR) is 243 cm³/mol. The van der Waals surface area contributed by atoms with Gasteiger partial charge in [0.15, 0.2) is 5.82 Å². The van der Waals surface area contributed by atoms with Crippen LogP contribution >= 0.6 is 0 Å². The molecule has 16 heteroatoms. The van der Waals surface area contributed by atoms with Gasteiger partial charge < -0.3 is 40.3 Å². The molecule has 0 aliphatic carbocycles. The number of nitrogens with zero attached hydrogens (tertiary/aromatic N) is 7. The van der Waals surface area contributed by atoms with E-state index < -0.39 is 11.4 Å². The summed E-state index contributed by atoms with van der Waals surface area (Å²) < 4.78 is 21.7. The lowest BCUT2D eigenvalue weighted by Crippen LogP contribution is -2.52. The first kappa shape index (κ1) is 43.0. The molecule has 5 N–H and O–H groups in total. The molecule has 3 amide bonds. The van der Waals surface area contributed by atoms with Crippen molar-refractivity contribution in [2.24, 2.45) is 10.9 Å². The minimum Gasteiger partial charge on any atom is -0.507 e. The Labute approximate surface area is 372 Å². The number of carbonyl (C=O) groups excluding carboxylic acids is 3. The number of halogens is 1. The molecule has 4 aromatic rings. The zero-order valence-corrected chi connectivity index (χ0v) is 36.2. The molecule has 0 spiro atoms. The largest absolute Gasteiger partial charge is 0.507 e. The first-order valence-corrected chi connectivity index (χ1v) is 22.6. The van der Waals surface area contributed by atoms with E-state index in [1.807, 2.05) is 29.2 Å². The smallest absolute Gasteiger partial charge is 0.249 e. The number of nitrogen functional groups attached to an aromatic ring is 1. The van der Waals surface area contributed by atoms with Gasteiger partial charge >= 0.3 is 0 Å². The number of carbonyl (C=O) groups is 3. The minimum absolute atomic E-state index is 0.0580. The van der Waals surface area contributed by atoms with Crippen molar-refractivity contribution < 1.29 is 33.7 Å². The van der Waals surface area contributed by atoms with Crippen LogP contribution in [0.15, 0.2) is 71.7 Å². The van der Waals surface area contributed by atoms with Gasteiger partial charge in [-0.05, 0) is 86.9 Å². The number of fused-ring (bicyclic) bond motifs is 1. The zero-order valence-electron chi connectivity index (χ0n) is 36.2. The second kappa shape index (κ2) is 18.1. The highest BCUT2D eigenvalue weighted by Gasteiger charge is 2.40. The first-order valence-electron chi connectivity index (χ1n) is 22.6. The maximum absolute atomic E-state index is 15.3. The number of hydrogen-bond donors (Lipinski definition) is 4. The van der Waals surface area contributed by atoms with Gasteiger partial charge in [-0.15, -0.1) is 10.2 Å². The molecule has 336 valence electrons. The summed E-state index contributed by atoms with van der Waals surface area (Å²) in [5, 5.41) is 33.0. The molecule has 6 heterocycles. The Bertz CT molecular complexity index is 2450. The molecule has 0 saturated carbocycles. The van der Waals surface area contributed by atoms with Gasteiger partial charge in [0.1, 0.15) is 35.1 Å². The molecule has 9 rings (SSSR count). The van der Waals surface area contributed by atoms with E-state index in [1.165, 1.54) is 11.6 Å². The summed E-state index contributed by atoms with van der Waals surface area (Å²) in [6, 6.07) is 19.2. The van der Waals surface area contributed by atoms with Crippen molar-refractivity contribution in [1.82, 2.24) is 20.4 Å². The SMILES string of the molecule is C[C@H]1CCC(=Nc2cc(OC3CCN(C(=O)CC4(O)CCN(c5cccc6c5CCN6[C@@H]5CCC(=O)NC5=O)CC4)CC3)ccc2F)CN(c2cc(-c3ccccc3O)nnc2N)C1.